The van der Waals surface area contributed by atoms with Crippen LogP contribution in [0.1, 0.15) is 30.4 Å². The van der Waals surface area contributed by atoms with Crippen LogP contribution < -0.4 is 5.32 Å². The molecule has 0 aliphatic heterocycles. The Bertz CT molecular complexity index is 583. The first-order valence-electron chi connectivity index (χ1n) is 8.68. The molecule has 0 heterocycles. The number of nitrogens with one attached hydrogen (secondary N) is 1. The number of rotatable bonds is 10. The van der Waals surface area contributed by atoms with E-state index < -0.39 is 0 Å². The minimum atomic E-state index is -0.272. The first-order valence-corrected chi connectivity index (χ1v) is 8.68. The smallest absolute Gasteiger partial charge is 0.323 e. The third-order valence-electron chi connectivity index (χ3n) is 4.14. The third-order valence-corrected chi connectivity index (χ3v) is 4.14. The van der Waals surface area contributed by atoms with Crippen molar-refractivity contribution in [3.05, 3.63) is 71.8 Å². The molecule has 3 nitrogen and oxygen atoms in total. The molecular formula is C21H27NO2. The van der Waals surface area contributed by atoms with E-state index >= 15 is 0 Å². The number of carbonyl (C=O) groups is 1. The molecule has 0 radical (unpaired) electrons. The van der Waals surface area contributed by atoms with E-state index in [0.29, 0.717) is 6.42 Å². The van der Waals surface area contributed by atoms with Crippen LogP contribution in [0.3, 0.4) is 0 Å². The minimum Gasteiger partial charge on any atom is -0.468 e. The molecule has 2 rings (SSSR count). The molecule has 2 aromatic rings. The molecule has 0 aliphatic carbocycles. The molecule has 2 aromatic carbocycles. The van der Waals surface area contributed by atoms with Crippen molar-refractivity contribution in [3.63, 3.8) is 0 Å². The predicted octanol–water partition coefficient (Wildman–Crippen LogP) is 3.77. The Kier molecular flexibility index (Phi) is 8.05. The molecule has 0 unspecified atom stereocenters. The summed E-state index contributed by atoms with van der Waals surface area (Å²) in [4.78, 5) is 11.9. The first kappa shape index (κ1) is 18.2. The van der Waals surface area contributed by atoms with Crippen molar-refractivity contribution in [2.75, 3.05) is 13.7 Å². The summed E-state index contributed by atoms with van der Waals surface area (Å²) < 4.78 is 4.92. The van der Waals surface area contributed by atoms with Crippen molar-refractivity contribution in [3.8, 4) is 0 Å². The van der Waals surface area contributed by atoms with Crippen LogP contribution in [-0.4, -0.2) is 25.7 Å². The Balaban J connectivity index is 1.68. The van der Waals surface area contributed by atoms with Crippen LogP contribution in [0.4, 0.5) is 0 Å². The summed E-state index contributed by atoms with van der Waals surface area (Å²) >= 11 is 0. The Morgan fingerprint density at radius 3 is 2.17 bits per heavy atom. The van der Waals surface area contributed by atoms with E-state index in [2.05, 4.69) is 29.6 Å². The number of hydrogen-bond donors (Lipinski definition) is 1. The van der Waals surface area contributed by atoms with Crippen molar-refractivity contribution in [1.82, 2.24) is 5.32 Å². The van der Waals surface area contributed by atoms with E-state index in [0.717, 1.165) is 31.4 Å². The molecule has 0 aliphatic rings. The van der Waals surface area contributed by atoms with Gasteiger partial charge in [0.1, 0.15) is 6.04 Å². The third kappa shape index (κ3) is 6.55. The van der Waals surface area contributed by atoms with Crippen LogP contribution in [0.5, 0.6) is 0 Å². The number of hydrogen-bond acceptors (Lipinski definition) is 3. The Labute approximate surface area is 145 Å². The summed E-state index contributed by atoms with van der Waals surface area (Å²) in [6.45, 7) is 0.835. The fourth-order valence-corrected chi connectivity index (χ4v) is 2.78. The lowest BCUT2D eigenvalue weighted by molar-refractivity contribution is -0.143. The fourth-order valence-electron chi connectivity index (χ4n) is 2.78. The molecule has 24 heavy (non-hydrogen) atoms. The Morgan fingerprint density at radius 1 is 0.917 bits per heavy atom. The largest absolute Gasteiger partial charge is 0.468 e. The lowest BCUT2D eigenvalue weighted by atomic mass is 10.1. The zero-order valence-electron chi connectivity index (χ0n) is 14.4. The summed E-state index contributed by atoms with van der Waals surface area (Å²) in [6.07, 6.45) is 5.17. The highest BCUT2D eigenvalue weighted by molar-refractivity contribution is 5.76. The second kappa shape index (κ2) is 10.6. The maximum Gasteiger partial charge on any atom is 0.323 e. The SMILES string of the molecule is COC(=O)[C@H](Cc1ccccc1)NCCCCCc1ccccc1. The molecule has 0 spiro atoms. The molecule has 0 aromatic heterocycles. The van der Waals surface area contributed by atoms with E-state index in [1.54, 1.807) is 0 Å². The quantitative estimate of drug-likeness (QED) is 0.534. The summed E-state index contributed by atoms with van der Waals surface area (Å²) in [5.74, 6) is -0.192. The van der Waals surface area contributed by atoms with E-state index in [1.807, 2.05) is 36.4 Å². The summed E-state index contributed by atoms with van der Waals surface area (Å²) in [5.41, 5.74) is 2.53. The maximum absolute atomic E-state index is 11.9. The number of unbranched alkanes of at least 4 members (excludes halogenated alkanes) is 2. The van der Waals surface area contributed by atoms with Gasteiger partial charge in [-0.25, -0.2) is 0 Å². The van der Waals surface area contributed by atoms with Gasteiger partial charge in [-0.05, 0) is 43.4 Å². The van der Waals surface area contributed by atoms with Crippen molar-refractivity contribution in [2.24, 2.45) is 0 Å². The van der Waals surface area contributed by atoms with E-state index in [1.165, 1.54) is 19.1 Å². The second-order valence-electron chi connectivity index (χ2n) is 6.02. The number of aryl methyl sites for hydroxylation is 1. The fraction of sp³-hybridized carbons (Fsp3) is 0.381. The topological polar surface area (TPSA) is 38.3 Å². The molecule has 0 fully saturated rings. The Morgan fingerprint density at radius 2 is 1.54 bits per heavy atom. The standard InChI is InChI=1S/C21H27NO2/c1-24-21(23)20(17-19-14-7-3-8-15-19)22-16-10-4-9-13-18-11-5-2-6-12-18/h2-3,5-8,11-12,14-15,20,22H,4,9-10,13,16-17H2,1H3/t20-/m0/s1. The van der Waals surface area contributed by atoms with Crippen LogP contribution in [0.25, 0.3) is 0 Å². The van der Waals surface area contributed by atoms with Crippen molar-refractivity contribution in [1.29, 1.82) is 0 Å². The normalized spacial score (nSPS) is 11.9. The van der Waals surface area contributed by atoms with Crippen LogP contribution in [0.2, 0.25) is 0 Å². The highest BCUT2D eigenvalue weighted by Gasteiger charge is 2.18. The molecule has 0 saturated heterocycles. The van der Waals surface area contributed by atoms with Gasteiger partial charge in [-0.2, -0.15) is 0 Å². The van der Waals surface area contributed by atoms with Crippen LogP contribution >= 0.6 is 0 Å². The lowest BCUT2D eigenvalue weighted by Gasteiger charge is -2.16. The number of ether oxygens (including phenoxy) is 1. The molecule has 1 atom stereocenters. The summed E-state index contributed by atoms with van der Waals surface area (Å²) in [6, 6.07) is 20.3. The average molecular weight is 325 g/mol. The van der Waals surface area contributed by atoms with Gasteiger partial charge in [0.2, 0.25) is 0 Å². The zero-order valence-corrected chi connectivity index (χ0v) is 14.4. The zero-order chi connectivity index (χ0) is 17.0. The van der Waals surface area contributed by atoms with Gasteiger partial charge in [0.15, 0.2) is 0 Å². The van der Waals surface area contributed by atoms with E-state index in [4.69, 9.17) is 4.74 Å². The number of methoxy groups -OCH3 is 1. The number of benzene rings is 2. The second-order valence-corrected chi connectivity index (χ2v) is 6.02. The van der Waals surface area contributed by atoms with E-state index in [-0.39, 0.29) is 12.0 Å². The van der Waals surface area contributed by atoms with Crippen molar-refractivity contribution < 1.29 is 9.53 Å². The molecule has 1 N–H and O–H groups in total. The lowest BCUT2D eigenvalue weighted by Crippen LogP contribution is -2.40. The molecule has 0 bridgehead atoms. The highest BCUT2D eigenvalue weighted by Crippen LogP contribution is 2.07. The Hall–Kier alpha value is -2.13. The molecule has 3 heteroatoms. The molecule has 0 saturated carbocycles. The van der Waals surface area contributed by atoms with Gasteiger partial charge in [-0.15, -0.1) is 0 Å². The summed E-state index contributed by atoms with van der Waals surface area (Å²) in [7, 11) is 1.45. The van der Waals surface area contributed by atoms with Crippen LogP contribution in [0, 0.1) is 0 Å². The maximum atomic E-state index is 11.9. The minimum absolute atomic E-state index is 0.192. The van der Waals surface area contributed by atoms with Gasteiger partial charge < -0.3 is 10.1 Å². The monoisotopic (exact) mass is 325 g/mol. The molecular weight excluding hydrogens is 298 g/mol. The van der Waals surface area contributed by atoms with Gasteiger partial charge in [0.05, 0.1) is 7.11 Å². The van der Waals surface area contributed by atoms with E-state index in [9.17, 15) is 4.79 Å². The van der Waals surface area contributed by atoms with Crippen molar-refractivity contribution in [2.45, 2.75) is 38.1 Å². The number of carbonyl (C=O) groups excluding carboxylic acids is 1. The predicted molar refractivity (Wildman–Crippen MR) is 97.9 cm³/mol. The average Bonchev–Trinajstić information content (AvgIpc) is 2.64. The number of esters is 1. The molecule has 128 valence electrons. The van der Waals surface area contributed by atoms with Gasteiger partial charge in [0, 0.05) is 0 Å². The van der Waals surface area contributed by atoms with Crippen LogP contribution in [-0.2, 0) is 22.4 Å². The van der Waals surface area contributed by atoms with Gasteiger partial charge in [-0.3, -0.25) is 4.79 Å². The highest BCUT2D eigenvalue weighted by atomic mass is 16.5. The van der Waals surface area contributed by atoms with Crippen molar-refractivity contribution >= 4 is 5.97 Å². The first-order chi connectivity index (χ1) is 11.8. The molecule has 0 amide bonds. The van der Waals surface area contributed by atoms with Gasteiger partial charge in [-0.1, -0.05) is 67.1 Å². The van der Waals surface area contributed by atoms with Gasteiger partial charge in [0.25, 0.3) is 0 Å². The van der Waals surface area contributed by atoms with Gasteiger partial charge >= 0.3 is 5.97 Å². The summed E-state index contributed by atoms with van der Waals surface area (Å²) in [5, 5.41) is 3.34. The van der Waals surface area contributed by atoms with Crippen LogP contribution in [0.15, 0.2) is 60.7 Å².